The zero-order chi connectivity index (χ0) is 25.5. The van der Waals surface area contributed by atoms with Gasteiger partial charge in [-0.3, -0.25) is 0 Å². The molecule has 1 amide bonds. The normalized spacial score (nSPS) is 17.7. The average Bonchev–Trinajstić information content (AvgIpc) is 3.26. The van der Waals surface area contributed by atoms with Gasteiger partial charge < -0.3 is 19.3 Å². The van der Waals surface area contributed by atoms with Gasteiger partial charge in [-0.05, 0) is 56.2 Å². The molecule has 1 fully saturated rings. The molecule has 36 heavy (non-hydrogen) atoms. The number of ether oxygens (including phenoxy) is 2. The Hall–Kier alpha value is -3.02. The molecular formula is C30H35ClN2O3. The second kappa shape index (κ2) is 11.8. The zero-order valence-corrected chi connectivity index (χ0v) is 22.0. The van der Waals surface area contributed by atoms with Gasteiger partial charge in [-0.2, -0.15) is 0 Å². The highest BCUT2D eigenvalue weighted by atomic mass is 35.5. The topological polar surface area (TPSA) is 42.0 Å². The minimum absolute atomic E-state index is 0.108. The molecular weight excluding hydrogens is 472 g/mol. The summed E-state index contributed by atoms with van der Waals surface area (Å²) >= 11 is 6.18. The Labute approximate surface area is 219 Å². The predicted octanol–water partition coefficient (Wildman–Crippen LogP) is 6.80. The summed E-state index contributed by atoms with van der Waals surface area (Å²) in [5.74, 6) is 0.112. The van der Waals surface area contributed by atoms with Crippen LogP contribution in [0.2, 0.25) is 5.02 Å². The van der Waals surface area contributed by atoms with E-state index in [0.717, 1.165) is 24.3 Å². The molecule has 0 bridgehead atoms. The van der Waals surface area contributed by atoms with Crippen molar-refractivity contribution in [3.8, 4) is 0 Å². The molecule has 2 unspecified atom stereocenters. The van der Waals surface area contributed by atoms with E-state index >= 15 is 0 Å². The third kappa shape index (κ3) is 7.49. The van der Waals surface area contributed by atoms with Crippen molar-refractivity contribution in [2.24, 2.45) is 5.92 Å². The van der Waals surface area contributed by atoms with Crippen molar-refractivity contribution in [2.75, 3.05) is 24.5 Å². The molecule has 1 heterocycles. The molecule has 4 rings (SSSR count). The lowest BCUT2D eigenvalue weighted by Crippen LogP contribution is -2.36. The number of likely N-dealkylation sites (tertiary alicyclic amines) is 1. The fourth-order valence-corrected chi connectivity index (χ4v) is 4.58. The van der Waals surface area contributed by atoms with Gasteiger partial charge in [0, 0.05) is 36.3 Å². The van der Waals surface area contributed by atoms with Crippen LogP contribution in [0, 0.1) is 5.92 Å². The van der Waals surface area contributed by atoms with Gasteiger partial charge in [-0.25, -0.2) is 4.79 Å². The number of hydrogen-bond donors (Lipinski definition) is 0. The van der Waals surface area contributed by atoms with Crippen molar-refractivity contribution in [2.45, 2.75) is 45.6 Å². The Morgan fingerprint density at radius 1 is 0.917 bits per heavy atom. The van der Waals surface area contributed by atoms with Gasteiger partial charge in [-0.1, -0.05) is 72.3 Å². The number of halogens is 1. The first-order chi connectivity index (χ1) is 17.3. The summed E-state index contributed by atoms with van der Waals surface area (Å²) in [6.45, 7) is 8.74. The zero-order valence-electron chi connectivity index (χ0n) is 21.3. The molecule has 3 aromatic carbocycles. The number of anilines is 1. The number of carbonyl (C=O) groups excluding carboxylic acids is 1. The van der Waals surface area contributed by atoms with E-state index in [1.54, 1.807) is 4.90 Å². The Kier molecular flexibility index (Phi) is 8.55. The molecule has 0 radical (unpaired) electrons. The van der Waals surface area contributed by atoms with E-state index < -0.39 is 5.60 Å². The predicted molar refractivity (Wildman–Crippen MR) is 145 cm³/mol. The fraction of sp³-hybridized carbons (Fsp3) is 0.367. The molecule has 0 N–H and O–H groups in total. The number of benzene rings is 3. The summed E-state index contributed by atoms with van der Waals surface area (Å²) in [5.41, 5.74) is 2.88. The van der Waals surface area contributed by atoms with Crippen molar-refractivity contribution in [1.82, 2.24) is 4.90 Å². The largest absolute Gasteiger partial charge is 0.444 e. The van der Waals surface area contributed by atoms with E-state index in [9.17, 15) is 4.79 Å². The van der Waals surface area contributed by atoms with E-state index in [0.29, 0.717) is 24.7 Å². The molecule has 1 aliphatic heterocycles. The van der Waals surface area contributed by atoms with Gasteiger partial charge >= 0.3 is 6.09 Å². The van der Waals surface area contributed by atoms with E-state index in [4.69, 9.17) is 21.1 Å². The smallest absolute Gasteiger partial charge is 0.410 e. The van der Waals surface area contributed by atoms with Gasteiger partial charge in [0.25, 0.3) is 0 Å². The van der Waals surface area contributed by atoms with Crippen LogP contribution in [0.1, 0.15) is 31.9 Å². The molecule has 5 nitrogen and oxygen atoms in total. The van der Waals surface area contributed by atoms with Crippen molar-refractivity contribution in [1.29, 1.82) is 0 Å². The first-order valence-electron chi connectivity index (χ1n) is 12.4. The van der Waals surface area contributed by atoms with Crippen molar-refractivity contribution >= 4 is 23.4 Å². The Balaban J connectivity index is 1.54. The van der Waals surface area contributed by atoms with Crippen LogP contribution in [0.5, 0.6) is 0 Å². The first-order valence-corrected chi connectivity index (χ1v) is 12.8. The standard InChI is InChI=1S/C30H35ClN2O3/c1-30(2,3)36-29(34)33-20-25(28(21-33)35-22-24-12-8-5-9-13-24)19-32(18-23-10-6-4-7-11-23)27-16-14-26(31)15-17-27/h4-17,25,28H,18-22H2,1-3H3. The fourth-order valence-electron chi connectivity index (χ4n) is 4.46. The molecule has 1 saturated heterocycles. The SMILES string of the molecule is CC(C)(C)OC(=O)N1CC(CN(Cc2ccccc2)c2ccc(Cl)cc2)C(OCc2ccccc2)C1. The monoisotopic (exact) mass is 506 g/mol. The minimum atomic E-state index is -0.543. The van der Waals surface area contributed by atoms with Gasteiger partial charge in [0.15, 0.2) is 0 Å². The van der Waals surface area contributed by atoms with E-state index in [1.807, 2.05) is 69.3 Å². The maximum Gasteiger partial charge on any atom is 0.410 e. The number of hydrogen-bond acceptors (Lipinski definition) is 4. The summed E-state index contributed by atoms with van der Waals surface area (Å²) in [6, 6.07) is 28.5. The highest BCUT2D eigenvalue weighted by molar-refractivity contribution is 6.30. The highest BCUT2D eigenvalue weighted by Crippen LogP contribution is 2.28. The Morgan fingerprint density at radius 2 is 1.53 bits per heavy atom. The van der Waals surface area contributed by atoms with Crippen LogP contribution in [-0.2, 0) is 22.6 Å². The second-order valence-corrected chi connectivity index (χ2v) is 10.8. The lowest BCUT2D eigenvalue weighted by Gasteiger charge is -2.30. The second-order valence-electron chi connectivity index (χ2n) is 10.3. The Morgan fingerprint density at radius 3 is 2.14 bits per heavy atom. The van der Waals surface area contributed by atoms with Gasteiger partial charge in [0.1, 0.15) is 5.60 Å². The number of rotatable bonds is 8. The van der Waals surface area contributed by atoms with E-state index in [-0.39, 0.29) is 18.1 Å². The van der Waals surface area contributed by atoms with Crippen LogP contribution < -0.4 is 4.90 Å². The van der Waals surface area contributed by atoms with Crippen LogP contribution in [0.15, 0.2) is 84.9 Å². The maximum atomic E-state index is 12.9. The minimum Gasteiger partial charge on any atom is -0.444 e. The molecule has 2 atom stereocenters. The summed E-state index contributed by atoms with van der Waals surface area (Å²) < 4.78 is 12.1. The quantitative estimate of drug-likeness (QED) is 0.337. The Bertz CT molecular complexity index is 1100. The van der Waals surface area contributed by atoms with Crippen molar-refractivity contribution in [3.05, 3.63) is 101 Å². The van der Waals surface area contributed by atoms with Crippen LogP contribution in [0.3, 0.4) is 0 Å². The molecule has 6 heteroatoms. The van der Waals surface area contributed by atoms with Crippen LogP contribution in [0.4, 0.5) is 10.5 Å². The summed E-state index contributed by atoms with van der Waals surface area (Å²) in [4.78, 5) is 17.1. The lowest BCUT2D eigenvalue weighted by atomic mass is 10.0. The summed E-state index contributed by atoms with van der Waals surface area (Å²) in [7, 11) is 0. The molecule has 0 aromatic heterocycles. The molecule has 190 valence electrons. The first kappa shape index (κ1) is 26.1. The van der Waals surface area contributed by atoms with Gasteiger partial charge in [0.2, 0.25) is 0 Å². The molecule has 1 aliphatic rings. The third-order valence-corrected chi connectivity index (χ3v) is 6.45. The third-order valence-electron chi connectivity index (χ3n) is 6.20. The number of nitrogens with zero attached hydrogens (tertiary/aromatic N) is 2. The number of carbonyl (C=O) groups is 1. The van der Waals surface area contributed by atoms with E-state index in [1.165, 1.54) is 5.56 Å². The van der Waals surface area contributed by atoms with Crippen LogP contribution >= 0.6 is 11.6 Å². The number of amides is 1. The van der Waals surface area contributed by atoms with Crippen LogP contribution in [-0.4, -0.2) is 42.3 Å². The summed E-state index contributed by atoms with van der Waals surface area (Å²) in [5, 5.41) is 0.708. The van der Waals surface area contributed by atoms with Crippen LogP contribution in [0.25, 0.3) is 0 Å². The molecule has 0 spiro atoms. The van der Waals surface area contributed by atoms with E-state index in [2.05, 4.69) is 41.3 Å². The molecule has 3 aromatic rings. The molecule has 0 aliphatic carbocycles. The van der Waals surface area contributed by atoms with Crippen molar-refractivity contribution < 1.29 is 14.3 Å². The lowest BCUT2D eigenvalue weighted by molar-refractivity contribution is 0.0129. The highest BCUT2D eigenvalue weighted by Gasteiger charge is 2.39. The molecule has 0 saturated carbocycles. The van der Waals surface area contributed by atoms with Crippen molar-refractivity contribution in [3.63, 3.8) is 0 Å². The summed E-state index contributed by atoms with van der Waals surface area (Å²) in [6.07, 6.45) is -0.400. The van der Waals surface area contributed by atoms with Gasteiger partial charge in [0.05, 0.1) is 19.3 Å². The van der Waals surface area contributed by atoms with Gasteiger partial charge in [-0.15, -0.1) is 0 Å². The maximum absolute atomic E-state index is 12.9. The average molecular weight is 507 g/mol.